The van der Waals surface area contributed by atoms with Gasteiger partial charge in [-0.05, 0) is 0 Å². The van der Waals surface area contributed by atoms with Crippen molar-refractivity contribution in [2.24, 2.45) is 5.73 Å². The Morgan fingerprint density at radius 1 is 1.20 bits per heavy atom. The Morgan fingerprint density at radius 2 is 1.60 bits per heavy atom. The quantitative estimate of drug-likeness (QED) is 0.171. The SMILES string of the molecule is Cl.Cl.NCCS.Nc1nc(N)nc(NO[As](O)(O)=S)n1. The second-order valence-electron chi connectivity index (χ2n) is 2.57. The van der Waals surface area contributed by atoms with Crippen molar-refractivity contribution in [1.82, 2.24) is 15.0 Å². The van der Waals surface area contributed by atoms with E-state index in [2.05, 4.69) is 41.8 Å². The number of hydrogen-bond donors (Lipinski definition) is 7. The van der Waals surface area contributed by atoms with Gasteiger partial charge in [0, 0.05) is 12.3 Å². The summed E-state index contributed by atoms with van der Waals surface area (Å²) in [6.45, 7) is 0.684. The van der Waals surface area contributed by atoms with Gasteiger partial charge < -0.3 is 5.73 Å². The Labute approximate surface area is 140 Å². The summed E-state index contributed by atoms with van der Waals surface area (Å²) in [5.74, 6) is 0.397. The van der Waals surface area contributed by atoms with Crippen LogP contribution in [-0.4, -0.2) is 48.3 Å². The predicted molar refractivity (Wildman–Crippen MR) is 88.5 cm³/mol. The Balaban J connectivity index is -0.000000429. The van der Waals surface area contributed by atoms with Crippen LogP contribution in [0.2, 0.25) is 0 Å². The molecule has 15 heteroatoms. The third-order valence-corrected chi connectivity index (χ3v) is 2.39. The van der Waals surface area contributed by atoms with Crippen LogP contribution in [0.25, 0.3) is 0 Å². The maximum absolute atomic E-state index is 8.74. The number of halogens is 2. The first-order valence-corrected chi connectivity index (χ1v) is 10.1. The summed E-state index contributed by atoms with van der Waals surface area (Å²) in [6.07, 6.45) is 0. The van der Waals surface area contributed by atoms with Crippen LogP contribution in [0.4, 0.5) is 17.8 Å². The van der Waals surface area contributed by atoms with Crippen LogP contribution < -0.4 is 22.7 Å². The fraction of sp³-hybridized carbons (Fsp3) is 0.400. The van der Waals surface area contributed by atoms with E-state index in [1.165, 1.54) is 0 Å². The summed E-state index contributed by atoms with van der Waals surface area (Å²) in [7, 11) is 4.21. The number of nitrogen functional groups attached to an aromatic ring is 2. The number of nitrogens with zero attached hydrogens (tertiary/aromatic N) is 3. The van der Waals surface area contributed by atoms with Crippen LogP contribution >= 0.6 is 47.8 Å². The van der Waals surface area contributed by atoms with Gasteiger partial charge in [-0.25, -0.2) is 0 Å². The summed E-state index contributed by atoms with van der Waals surface area (Å²) in [6, 6.07) is 0. The van der Waals surface area contributed by atoms with Gasteiger partial charge in [0.05, 0.1) is 0 Å². The van der Waals surface area contributed by atoms with Crippen molar-refractivity contribution in [3.63, 3.8) is 0 Å². The van der Waals surface area contributed by atoms with E-state index < -0.39 is 12.9 Å². The first kappa shape index (κ1) is 24.9. The molecule has 120 valence electrons. The Hall–Kier alpha value is -0.0416. The zero-order valence-electron chi connectivity index (χ0n) is 9.91. The molecule has 0 radical (unpaired) electrons. The molecule has 0 bridgehead atoms. The van der Waals surface area contributed by atoms with Crippen molar-refractivity contribution in [3.8, 4) is 0 Å². The zero-order valence-corrected chi connectivity index (χ0v) is 15.1. The molecular formula is C5H16AsCl2N7O3S2. The molecule has 0 aliphatic heterocycles. The predicted octanol–water partition coefficient (Wildman–Crippen LogP) is -1.28. The summed E-state index contributed by atoms with van der Waals surface area (Å²) in [5.41, 5.74) is 17.4. The Morgan fingerprint density at radius 3 is 1.90 bits per heavy atom. The van der Waals surface area contributed by atoms with E-state index >= 15 is 0 Å². The van der Waals surface area contributed by atoms with Crippen molar-refractivity contribution >= 4 is 78.6 Å². The summed E-state index contributed by atoms with van der Waals surface area (Å²) < 4.78 is 21.8. The number of hydrogen-bond acceptors (Lipinski definition) is 10. The van der Waals surface area contributed by atoms with Crippen LogP contribution in [0.1, 0.15) is 0 Å². The van der Waals surface area contributed by atoms with Gasteiger partial charge in [0.25, 0.3) is 0 Å². The number of nitrogens with one attached hydrogen (secondary N) is 1. The number of rotatable bonds is 4. The van der Waals surface area contributed by atoms with Crippen molar-refractivity contribution in [2.45, 2.75) is 0 Å². The fourth-order valence-electron chi connectivity index (χ4n) is 0.555. The molecular weight excluding hydrogens is 416 g/mol. The van der Waals surface area contributed by atoms with Gasteiger partial charge in [-0.1, -0.05) is 0 Å². The summed E-state index contributed by atoms with van der Waals surface area (Å²) >= 11 is -0.602. The first-order valence-electron chi connectivity index (χ1n) is 4.36. The third kappa shape index (κ3) is 14.4. The molecule has 1 heterocycles. The number of thiol groups is 1. The van der Waals surface area contributed by atoms with Gasteiger partial charge in [0.1, 0.15) is 0 Å². The molecule has 0 unspecified atom stereocenters. The van der Waals surface area contributed by atoms with Crippen LogP contribution in [0, 0.1) is 0 Å². The standard InChI is InChI=1S/C3H7AsN6O3S.C2H7NS.2ClH/c5-1-7-2(6)9-3(8-1)10-13-4(11,12)14;3-1-2-4;;/h(H2,11,12,14)(H5,5,6,7,8,9,10);4H,1-3H2;2*1H. The van der Waals surface area contributed by atoms with Crippen LogP contribution in [-0.2, 0) is 3.83 Å². The molecule has 0 saturated carbocycles. The molecule has 0 saturated heterocycles. The topological polar surface area (TPSA) is 178 Å². The molecule has 1 aromatic heterocycles. The van der Waals surface area contributed by atoms with Crippen molar-refractivity contribution < 1.29 is 12.0 Å². The van der Waals surface area contributed by atoms with E-state index in [0.29, 0.717) is 6.54 Å². The van der Waals surface area contributed by atoms with Crippen LogP contribution in [0.15, 0.2) is 0 Å². The van der Waals surface area contributed by atoms with E-state index in [1.54, 1.807) is 0 Å². The fourth-order valence-corrected chi connectivity index (χ4v) is 1.17. The van der Waals surface area contributed by atoms with Gasteiger partial charge in [-0.2, -0.15) is 12.6 Å². The molecule has 0 aliphatic rings. The molecule has 0 aromatic carbocycles. The Kier molecular flexibility index (Phi) is 15.8. The molecule has 0 atom stereocenters. The number of anilines is 3. The van der Waals surface area contributed by atoms with Crippen molar-refractivity contribution in [2.75, 3.05) is 29.2 Å². The van der Waals surface area contributed by atoms with E-state index in [9.17, 15) is 0 Å². The second kappa shape index (κ2) is 12.7. The zero-order chi connectivity index (χ0) is 14.2. The maximum atomic E-state index is 8.74. The molecule has 0 aliphatic carbocycles. The Bertz CT molecular complexity index is 403. The van der Waals surface area contributed by atoms with Crippen molar-refractivity contribution in [3.05, 3.63) is 0 Å². The molecule has 1 aromatic rings. The van der Waals surface area contributed by atoms with Gasteiger partial charge >= 0.3 is 85.1 Å². The molecule has 0 amide bonds. The normalized spacial score (nSPS) is 9.40. The van der Waals surface area contributed by atoms with E-state index in [4.69, 9.17) is 25.4 Å². The minimum absolute atomic E-state index is 0. The van der Waals surface area contributed by atoms with Gasteiger partial charge in [0.15, 0.2) is 0 Å². The van der Waals surface area contributed by atoms with E-state index in [-0.39, 0.29) is 42.7 Å². The molecule has 0 spiro atoms. The number of aromatic nitrogens is 3. The minimum atomic E-state index is -4.40. The monoisotopic (exact) mass is 431 g/mol. The third-order valence-electron chi connectivity index (χ3n) is 1.05. The summed E-state index contributed by atoms with van der Waals surface area (Å²) in [5, 5.41) is 0. The van der Waals surface area contributed by atoms with Gasteiger partial charge in [-0.3, -0.25) is 0 Å². The van der Waals surface area contributed by atoms with Gasteiger partial charge in [-0.15, -0.1) is 24.8 Å². The molecule has 9 N–H and O–H groups in total. The molecule has 0 fully saturated rings. The molecule has 1 rings (SSSR count). The first-order chi connectivity index (χ1) is 8.28. The van der Waals surface area contributed by atoms with Gasteiger partial charge in [0.2, 0.25) is 0 Å². The molecule has 10 nitrogen and oxygen atoms in total. The van der Waals surface area contributed by atoms with Crippen LogP contribution in [0.5, 0.6) is 0 Å². The van der Waals surface area contributed by atoms with E-state index in [0.717, 1.165) is 5.75 Å². The molecule has 20 heavy (non-hydrogen) atoms. The van der Waals surface area contributed by atoms with E-state index in [1.807, 2.05) is 5.48 Å². The average Bonchev–Trinajstić information content (AvgIpc) is 2.25. The average molecular weight is 432 g/mol. The van der Waals surface area contributed by atoms with Crippen LogP contribution in [0.3, 0.4) is 0 Å². The summed E-state index contributed by atoms with van der Waals surface area (Å²) in [4.78, 5) is 10.6. The second-order valence-corrected chi connectivity index (χ2v) is 7.93. The van der Waals surface area contributed by atoms with Crippen molar-refractivity contribution in [1.29, 1.82) is 0 Å². The number of nitrogens with two attached hydrogens (primary N) is 3.